The molecule has 3 unspecified atom stereocenters. The van der Waals surface area contributed by atoms with Gasteiger partial charge in [0.15, 0.2) is 0 Å². The van der Waals surface area contributed by atoms with E-state index in [0.29, 0.717) is 6.04 Å². The molecule has 0 aromatic carbocycles. The second kappa shape index (κ2) is 5.31. The molecule has 0 aromatic rings. The van der Waals surface area contributed by atoms with Crippen LogP contribution < -0.4 is 5.73 Å². The number of nitrogens with zero attached hydrogens (tertiary/aromatic N) is 1. The maximum atomic E-state index is 6.07. The lowest BCUT2D eigenvalue weighted by Gasteiger charge is -2.41. The zero-order valence-electron chi connectivity index (χ0n) is 10.1. The summed E-state index contributed by atoms with van der Waals surface area (Å²) in [6.45, 7) is 5.00. The van der Waals surface area contributed by atoms with Gasteiger partial charge in [-0.1, -0.05) is 19.8 Å². The van der Waals surface area contributed by atoms with Gasteiger partial charge in [-0.15, -0.1) is 0 Å². The van der Waals surface area contributed by atoms with Crippen LogP contribution in [0.5, 0.6) is 0 Å². The van der Waals surface area contributed by atoms with Crippen molar-refractivity contribution in [2.45, 2.75) is 64.0 Å². The van der Waals surface area contributed by atoms with Crippen molar-refractivity contribution in [3.63, 3.8) is 0 Å². The summed E-state index contributed by atoms with van der Waals surface area (Å²) in [4.78, 5) is 2.73. The summed E-state index contributed by atoms with van der Waals surface area (Å²) in [6.07, 6.45) is 9.45. The van der Waals surface area contributed by atoms with E-state index in [1.807, 2.05) is 0 Å². The van der Waals surface area contributed by atoms with Crippen molar-refractivity contribution in [1.82, 2.24) is 4.90 Å². The van der Waals surface area contributed by atoms with E-state index >= 15 is 0 Å². The van der Waals surface area contributed by atoms with E-state index in [-0.39, 0.29) is 0 Å². The maximum absolute atomic E-state index is 6.07. The topological polar surface area (TPSA) is 29.3 Å². The minimum atomic E-state index is 0.478. The molecule has 1 saturated heterocycles. The quantitative estimate of drug-likeness (QED) is 0.758. The molecule has 2 rings (SSSR count). The van der Waals surface area contributed by atoms with E-state index in [9.17, 15) is 0 Å². The van der Waals surface area contributed by atoms with Gasteiger partial charge in [0.05, 0.1) is 0 Å². The fourth-order valence-corrected chi connectivity index (χ4v) is 3.29. The van der Waals surface area contributed by atoms with E-state index < -0.39 is 0 Å². The van der Waals surface area contributed by atoms with Crippen LogP contribution in [0.15, 0.2) is 0 Å². The van der Waals surface area contributed by atoms with Crippen LogP contribution in [-0.4, -0.2) is 30.1 Å². The molecular weight excluding hydrogens is 184 g/mol. The molecule has 0 amide bonds. The Balaban J connectivity index is 1.86. The first-order valence-electron chi connectivity index (χ1n) is 6.79. The van der Waals surface area contributed by atoms with Gasteiger partial charge in [-0.3, -0.25) is 0 Å². The molecule has 0 radical (unpaired) electrons. The van der Waals surface area contributed by atoms with Crippen molar-refractivity contribution in [3.8, 4) is 0 Å². The van der Waals surface area contributed by atoms with Gasteiger partial charge in [0, 0.05) is 18.6 Å². The summed E-state index contributed by atoms with van der Waals surface area (Å²) in [5.41, 5.74) is 6.07. The number of hydrogen-bond donors (Lipinski definition) is 1. The average Bonchev–Trinajstić information content (AvgIpc) is 2.29. The molecule has 1 saturated carbocycles. The van der Waals surface area contributed by atoms with Gasteiger partial charge in [-0.25, -0.2) is 0 Å². The van der Waals surface area contributed by atoms with E-state index in [1.165, 1.54) is 58.0 Å². The SMILES string of the molecule is CCC1CCCN(C2CCCC(N)C2)C1. The van der Waals surface area contributed by atoms with Gasteiger partial charge >= 0.3 is 0 Å². The van der Waals surface area contributed by atoms with Crippen molar-refractivity contribution >= 4 is 0 Å². The Hall–Kier alpha value is -0.0800. The molecular formula is C13H26N2. The second-order valence-corrected chi connectivity index (χ2v) is 5.49. The van der Waals surface area contributed by atoms with Crippen molar-refractivity contribution in [2.24, 2.45) is 11.7 Å². The molecule has 15 heavy (non-hydrogen) atoms. The van der Waals surface area contributed by atoms with Gasteiger partial charge in [-0.05, 0) is 44.6 Å². The monoisotopic (exact) mass is 210 g/mol. The van der Waals surface area contributed by atoms with E-state index in [0.717, 1.165) is 12.0 Å². The Morgan fingerprint density at radius 3 is 2.80 bits per heavy atom. The molecule has 0 aromatic heterocycles. The van der Waals surface area contributed by atoms with Gasteiger partial charge in [0.25, 0.3) is 0 Å². The lowest BCUT2D eigenvalue weighted by molar-refractivity contribution is 0.0921. The summed E-state index contributed by atoms with van der Waals surface area (Å²) in [6, 6.07) is 1.29. The molecule has 0 spiro atoms. The third-order valence-electron chi connectivity index (χ3n) is 4.33. The lowest BCUT2D eigenvalue weighted by Crippen LogP contribution is -2.46. The molecule has 3 atom stereocenters. The summed E-state index contributed by atoms with van der Waals surface area (Å²) < 4.78 is 0. The smallest absolute Gasteiger partial charge is 0.0110 e. The summed E-state index contributed by atoms with van der Waals surface area (Å²) in [5.74, 6) is 0.955. The highest BCUT2D eigenvalue weighted by Crippen LogP contribution is 2.27. The first kappa shape index (κ1) is 11.4. The van der Waals surface area contributed by atoms with E-state index in [2.05, 4.69) is 11.8 Å². The predicted molar refractivity (Wildman–Crippen MR) is 64.8 cm³/mol. The Morgan fingerprint density at radius 2 is 2.07 bits per heavy atom. The molecule has 1 heterocycles. The van der Waals surface area contributed by atoms with Crippen LogP contribution in [0.25, 0.3) is 0 Å². The highest BCUT2D eigenvalue weighted by atomic mass is 15.2. The van der Waals surface area contributed by atoms with Gasteiger partial charge in [-0.2, -0.15) is 0 Å². The van der Waals surface area contributed by atoms with Crippen LogP contribution in [0.3, 0.4) is 0 Å². The highest BCUT2D eigenvalue weighted by molar-refractivity contribution is 4.85. The largest absolute Gasteiger partial charge is 0.328 e. The summed E-state index contributed by atoms with van der Waals surface area (Å²) in [5, 5.41) is 0. The van der Waals surface area contributed by atoms with Crippen LogP contribution in [0.2, 0.25) is 0 Å². The van der Waals surface area contributed by atoms with E-state index in [1.54, 1.807) is 0 Å². The van der Waals surface area contributed by atoms with Gasteiger partial charge < -0.3 is 10.6 Å². The maximum Gasteiger partial charge on any atom is 0.0110 e. The number of rotatable bonds is 2. The fraction of sp³-hybridized carbons (Fsp3) is 1.00. The van der Waals surface area contributed by atoms with E-state index in [4.69, 9.17) is 5.73 Å². The molecule has 2 nitrogen and oxygen atoms in total. The third-order valence-corrected chi connectivity index (χ3v) is 4.33. The Bertz CT molecular complexity index is 193. The Labute approximate surface area is 94.2 Å². The molecule has 2 N–H and O–H groups in total. The summed E-state index contributed by atoms with van der Waals surface area (Å²) in [7, 11) is 0. The number of piperidine rings is 1. The highest BCUT2D eigenvalue weighted by Gasteiger charge is 2.28. The number of hydrogen-bond acceptors (Lipinski definition) is 2. The normalized spacial score (nSPS) is 39.2. The Morgan fingerprint density at radius 1 is 1.20 bits per heavy atom. The first-order chi connectivity index (χ1) is 7.29. The molecule has 88 valence electrons. The molecule has 0 bridgehead atoms. The van der Waals surface area contributed by atoms with Crippen LogP contribution in [-0.2, 0) is 0 Å². The molecule has 2 fully saturated rings. The first-order valence-corrected chi connectivity index (χ1v) is 6.79. The zero-order valence-corrected chi connectivity index (χ0v) is 10.1. The average molecular weight is 210 g/mol. The van der Waals surface area contributed by atoms with Gasteiger partial charge in [0.2, 0.25) is 0 Å². The van der Waals surface area contributed by atoms with Crippen molar-refractivity contribution in [3.05, 3.63) is 0 Å². The van der Waals surface area contributed by atoms with Crippen molar-refractivity contribution in [2.75, 3.05) is 13.1 Å². The van der Waals surface area contributed by atoms with Crippen LogP contribution >= 0.6 is 0 Å². The lowest BCUT2D eigenvalue weighted by atomic mass is 9.87. The minimum Gasteiger partial charge on any atom is -0.328 e. The van der Waals surface area contributed by atoms with Crippen LogP contribution in [0.1, 0.15) is 51.9 Å². The fourth-order valence-electron chi connectivity index (χ4n) is 3.29. The standard InChI is InChI=1S/C13H26N2/c1-2-11-5-4-8-15(10-11)13-7-3-6-12(14)9-13/h11-13H,2-10,14H2,1H3. The predicted octanol–water partition coefficient (Wildman–Crippen LogP) is 2.38. The minimum absolute atomic E-state index is 0.478. The molecule has 1 aliphatic heterocycles. The molecule has 1 aliphatic carbocycles. The Kier molecular flexibility index (Phi) is 4.04. The van der Waals surface area contributed by atoms with Crippen molar-refractivity contribution < 1.29 is 0 Å². The third kappa shape index (κ3) is 2.94. The number of nitrogens with two attached hydrogens (primary N) is 1. The van der Waals surface area contributed by atoms with Gasteiger partial charge in [0.1, 0.15) is 0 Å². The number of likely N-dealkylation sites (tertiary alicyclic amines) is 1. The molecule has 2 aliphatic rings. The van der Waals surface area contributed by atoms with Crippen LogP contribution in [0, 0.1) is 5.92 Å². The zero-order chi connectivity index (χ0) is 10.7. The van der Waals surface area contributed by atoms with Crippen LogP contribution in [0.4, 0.5) is 0 Å². The summed E-state index contributed by atoms with van der Waals surface area (Å²) >= 11 is 0. The molecule has 2 heteroatoms. The second-order valence-electron chi connectivity index (χ2n) is 5.49. The van der Waals surface area contributed by atoms with Crippen molar-refractivity contribution in [1.29, 1.82) is 0 Å².